The van der Waals surface area contributed by atoms with E-state index in [9.17, 15) is 4.79 Å². The van der Waals surface area contributed by atoms with Crippen molar-refractivity contribution < 1.29 is 9.53 Å². The van der Waals surface area contributed by atoms with Gasteiger partial charge in [-0.2, -0.15) is 0 Å². The van der Waals surface area contributed by atoms with E-state index in [1.807, 2.05) is 30.3 Å². The maximum absolute atomic E-state index is 12.6. The maximum atomic E-state index is 12.6. The lowest BCUT2D eigenvalue weighted by Crippen LogP contribution is -2.43. The number of amides is 1. The second kappa shape index (κ2) is 8.08. The molecule has 1 aliphatic rings. The summed E-state index contributed by atoms with van der Waals surface area (Å²) in [6.07, 6.45) is 0. The van der Waals surface area contributed by atoms with Crippen LogP contribution < -0.4 is 5.32 Å². The summed E-state index contributed by atoms with van der Waals surface area (Å²) >= 11 is 0. The Hall–Kier alpha value is -2.17. The molecule has 1 amide bonds. The molecule has 1 aliphatic heterocycles. The minimum absolute atomic E-state index is 0.0311. The summed E-state index contributed by atoms with van der Waals surface area (Å²) in [7, 11) is 0. The smallest absolute Gasteiger partial charge is 0.251 e. The third kappa shape index (κ3) is 4.43. The fourth-order valence-corrected chi connectivity index (χ4v) is 2.91. The fourth-order valence-electron chi connectivity index (χ4n) is 2.91. The predicted molar refractivity (Wildman–Crippen MR) is 95.1 cm³/mol. The van der Waals surface area contributed by atoms with Crippen molar-refractivity contribution >= 4 is 5.91 Å². The Morgan fingerprint density at radius 1 is 1.08 bits per heavy atom. The summed E-state index contributed by atoms with van der Waals surface area (Å²) in [6, 6.07) is 17.7. The summed E-state index contributed by atoms with van der Waals surface area (Å²) in [5.41, 5.74) is 3.05. The van der Waals surface area contributed by atoms with Crippen molar-refractivity contribution in [3.05, 3.63) is 71.3 Å². The van der Waals surface area contributed by atoms with E-state index < -0.39 is 0 Å². The van der Waals surface area contributed by atoms with Crippen molar-refractivity contribution in [1.82, 2.24) is 10.2 Å². The van der Waals surface area contributed by atoms with Gasteiger partial charge in [0.15, 0.2) is 0 Å². The number of rotatable bonds is 5. The molecule has 2 aromatic rings. The summed E-state index contributed by atoms with van der Waals surface area (Å²) in [4.78, 5) is 14.9. The van der Waals surface area contributed by atoms with Gasteiger partial charge in [0.05, 0.1) is 19.3 Å². The van der Waals surface area contributed by atoms with Gasteiger partial charge in [0.25, 0.3) is 5.91 Å². The van der Waals surface area contributed by atoms with Gasteiger partial charge in [-0.3, -0.25) is 9.69 Å². The second-order valence-corrected chi connectivity index (χ2v) is 6.22. The second-order valence-electron chi connectivity index (χ2n) is 6.22. The molecule has 24 heavy (non-hydrogen) atoms. The highest BCUT2D eigenvalue weighted by atomic mass is 16.5. The SMILES string of the molecule is Cc1ccc([C@@H](CN2CCOCC2)NC(=O)c2ccccc2)cc1. The van der Waals surface area contributed by atoms with Crippen LogP contribution in [0.15, 0.2) is 54.6 Å². The third-order valence-corrected chi connectivity index (χ3v) is 4.37. The van der Waals surface area contributed by atoms with Crippen LogP contribution in [0.5, 0.6) is 0 Å². The van der Waals surface area contributed by atoms with Crippen LogP contribution >= 0.6 is 0 Å². The molecule has 1 N–H and O–H groups in total. The van der Waals surface area contributed by atoms with Gasteiger partial charge in [0, 0.05) is 25.2 Å². The van der Waals surface area contributed by atoms with Crippen molar-refractivity contribution in [3.63, 3.8) is 0 Å². The molecule has 4 nitrogen and oxygen atoms in total. The molecular weight excluding hydrogens is 300 g/mol. The number of nitrogens with zero attached hydrogens (tertiary/aromatic N) is 1. The average molecular weight is 324 g/mol. The van der Waals surface area contributed by atoms with E-state index in [-0.39, 0.29) is 11.9 Å². The van der Waals surface area contributed by atoms with Crippen molar-refractivity contribution in [2.75, 3.05) is 32.8 Å². The molecule has 3 rings (SSSR count). The van der Waals surface area contributed by atoms with Crippen LogP contribution in [0.1, 0.15) is 27.5 Å². The van der Waals surface area contributed by atoms with Gasteiger partial charge in [-0.1, -0.05) is 48.0 Å². The quantitative estimate of drug-likeness (QED) is 0.919. The molecule has 1 fully saturated rings. The first-order chi connectivity index (χ1) is 11.7. The number of hydrogen-bond donors (Lipinski definition) is 1. The van der Waals surface area contributed by atoms with E-state index in [2.05, 4.69) is 41.4 Å². The molecule has 0 saturated carbocycles. The number of aryl methyl sites for hydroxylation is 1. The Kier molecular flexibility index (Phi) is 5.62. The van der Waals surface area contributed by atoms with E-state index in [0.717, 1.165) is 38.4 Å². The normalized spacial score (nSPS) is 16.5. The van der Waals surface area contributed by atoms with Crippen LogP contribution in [0.3, 0.4) is 0 Å². The van der Waals surface area contributed by atoms with Gasteiger partial charge < -0.3 is 10.1 Å². The summed E-state index contributed by atoms with van der Waals surface area (Å²) in [6.45, 7) is 6.20. The first kappa shape index (κ1) is 16.7. The highest BCUT2D eigenvalue weighted by Gasteiger charge is 2.20. The molecule has 126 valence electrons. The Morgan fingerprint density at radius 3 is 2.42 bits per heavy atom. The number of carbonyl (C=O) groups is 1. The molecule has 0 aliphatic carbocycles. The molecule has 0 bridgehead atoms. The standard InChI is InChI=1S/C20H24N2O2/c1-16-7-9-17(10-8-16)19(15-22-11-13-24-14-12-22)21-20(23)18-5-3-2-4-6-18/h2-10,19H,11-15H2,1H3,(H,21,23)/t19-/m1/s1. The largest absolute Gasteiger partial charge is 0.379 e. The Bertz CT molecular complexity index is 649. The number of hydrogen-bond acceptors (Lipinski definition) is 3. The van der Waals surface area contributed by atoms with Gasteiger partial charge in [-0.15, -0.1) is 0 Å². The first-order valence-corrected chi connectivity index (χ1v) is 8.45. The molecule has 0 spiro atoms. The number of benzene rings is 2. The molecular formula is C20H24N2O2. The van der Waals surface area contributed by atoms with Crippen LogP contribution in [-0.2, 0) is 4.74 Å². The first-order valence-electron chi connectivity index (χ1n) is 8.45. The van der Waals surface area contributed by atoms with Crippen LogP contribution in [0, 0.1) is 6.92 Å². The minimum atomic E-state index is -0.0329. The molecule has 2 aromatic carbocycles. The highest BCUT2D eigenvalue weighted by Crippen LogP contribution is 2.17. The molecule has 4 heteroatoms. The molecule has 1 heterocycles. The summed E-state index contributed by atoms with van der Waals surface area (Å²) in [5.74, 6) is -0.0329. The van der Waals surface area contributed by atoms with Crippen molar-refractivity contribution in [3.8, 4) is 0 Å². The number of ether oxygens (including phenoxy) is 1. The lowest BCUT2D eigenvalue weighted by molar-refractivity contribution is 0.0332. The van der Waals surface area contributed by atoms with Crippen LogP contribution in [0.25, 0.3) is 0 Å². The average Bonchev–Trinajstić information content (AvgIpc) is 2.63. The predicted octanol–water partition coefficient (Wildman–Crippen LogP) is 2.80. The fraction of sp³-hybridized carbons (Fsp3) is 0.350. The monoisotopic (exact) mass is 324 g/mol. The number of morpholine rings is 1. The van der Waals surface area contributed by atoms with Crippen molar-refractivity contribution in [2.45, 2.75) is 13.0 Å². The van der Waals surface area contributed by atoms with Crippen LogP contribution in [-0.4, -0.2) is 43.7 Å². The highest BCUT2D eigenvalue weighted by molar-refractivity contribution is 5.94. The van der Waals surface area contributed by atoms with Crippen LogP contribution in [0.2, 0.25) is 0 Å². The van der Waals surface area contributed by atoms with E-state index in [1.165, 1.54) is 5.56 Å². The Balaban J connectivity index is 1.75. The topological polar surface area (TPSA) is 41.6 Å². The lowest BCUT2D eigenvalue weighted by Gasteiger charge is -2.31. The van der Waals surface area contributed by atoms with Gasteiger partial charge in [0.2, 0.25) is 0 Å². The summed E-state index contributed by atoms with van der Waals surface area (Å²) in [5, 5.41) is 3.19. The lowest BCUT2D eigenvalue weighted by atomic mass is 10.0. The molecule has 0 unspecified atom stereocenters. The van der Waals surface area contributed by atoms with E-state index >= 15 is 0 Å². The zero-order valence-corrected chi connectivity index (χ0v) is 14.1. The number of nitrogens with one attached hydrogen (secondary N) is 1. The van der Waals surface area contributed by atoms with Crippen molar-refractivity contribution in [2.24, 2.45) is 0 Å². The minimum Gasteiger partial charge on any atom is -0.379 e. The van der Waals surface area contributed by atoms with Gasteiger partial charge >= 0.3 is 0 Å². The molecule has 1 atom stereocenters. The van der Waals surface area contributed by atoms with E-state index in [1.54, 1.807) is 0 Å². The van der Waals surface area contributed by atoms with Gasteiger partial charge in [-0.25, -0.2) is 0 Å². The summed E-state index contributed by atoms with van der Waals surface area (Å²) < 4.78 is 5.42. The van der Waals surface area contributed by atoms with Crippen LogP contribution in [0.4, 0.5) is 0 Å². The Morgan fingerprint density at radius 2 is 1.75 bits per heavy atom. The Labute approximate surface area is 143 Å². The third-order valence-electron chi connectivity index (χ3n) is 4.37. The maximum Gasteiger partial charge on any atom is 0.251 e. The molecule has 1 saturated heterocycles. The zero-order valence-electron chi connectivity index (χ0n) is 14.1. The van der Waals surface area contributed by atoms with E-state index in [0.29, 0.717) is 5.56 Å². The zero-order chi connectivity index (χ0) is 16.8. The van der Waals surface area contributed by atoms with Gasteiger partial charge in [-0.05, 0) is 24.6 Å². The van der Waals surface area contributed by atoms with Crippen molar-refractivity contribution in [1.29, 1.82) is 0 Å². The molecule has 0 radical (unpaired) electrons. The van der Waals surface area contributed by atoms with E-state index in [4.69, 9.17) is 4.74 Å². The molecule has 0 aromatic heterocycles. The number of carbonyl (C=O) groups excluding carboxylic acids is 1. The van der Waals surface area contributed by atoms with Gasteiger partial charge in [0.1, 0.15) is 0 Å².